The first-order valence-electron chi connectivity index (χ1n) is 5.28. The molecule has 0 spiro atoms. The third kappa shape index (κ3) is 2.20. The van der Waals surface area contributed by atoms with Crippen molar-refractivity contribution in [1.82, 2.24) is 15.0 Å². The van der Waals surface area contributed by atoms with Gasteiger partial charge in [-0.25, -0.2) is 10.8 Å². The van der Waals surface area contributed by atoms with Crippen molar-refractivity contribution in [2.75, 3.05) is 14.2 Å². The van der Waals surface area contributed by atoms with Gasteiger partial charge in [-0.3, -0.25) is 0 Å². The summed E-state index contributed by atoms with van der Waals surface area (Å²) in [5, 5.41) is 3.41. The average molecular weight is 262 g/mol. The SMILES string of the molecule is C=C/C=C(/c1nc(OC)c2sccc2n1)N(C)N. The number of allylic oxidation sites excluding steroid dienone is 2. The zero-order chi connectivity index (χ0) is 13.1. The molecule has 0 aliphatic carbocycles. The summed E-state index contributed by atoms with van der Waals surface area (Å²) in [7, 11) is 3.32. The number of hydrogen-bond donors (Lipinski definition) is 1. The normalized spacial score (nSPS) is 11.6. The van der Waals surface area contributed by atoms with E-state index >= 15 is 0 Å². The minimum Gasteiger partial charge on any atom is -0.480 e. The summed E-state index contributed by atoms with van der Waals surface area (Å²) < 4.78 is 6.21. The van der Waals surface area contributed by atoms with Crippen molar-refractivity contribution in [2.24, 2.45) is 5.84 Å². The van der Waals surface area contributed by atoms with E-state index in [9.17, 15) is 0 Å². The summed E-state index contributed by atoms with van der Waals surface area (Å²) in [4.78, 5) is 8.84. The van der Waals surface area contributed by atoms with E-state index in [2.05, 4.69) is 16.5 Å². The predicted octanol–water partition coefficient (Wildman–Crippen LogP) is 2.03. The van der Waals surface area contributed by atoms with E-state index in [0.717, 1.165) is 10.2 Å². The van der Waals surface area contributed by atoms with Crippen molar-refractivity contribution in [3.05, 3.63) is 36.0 Å². The van der Waals surface area contributed by atoms with Gasteiger partial charge in [0.25, 0.3) is 0 Å². The molecule has 0 amide bonds. The first-order chi connectivity index (χ1) is 8.67. The van der Waals surface area contributed by atoms with E-state index in [-0.39, 0.29) is 0 Å². The quantitative estimate of drug-likeness (QED) is 0.519. The molecule has 2 aromatic heterocycles. The lowest BCUT2D eigenvalue weighted by Gasteiger charge is -2.15. The van der Waals surface area contributed by atoms with Gasteiger partial charge < -0.3 is 9.75 Å². The minimum absolute atomic E-state index is 0.516. The van der Waals surface area contributed by atoms with Gasteiger partial charge in [-0.05, 0) is 17.5 Å². The number of aromatic nitrogens is 2. The Labute approximate surface area is 109 Å². The molecule has 0 bridgehead atoms. The van der Waals surface area contributed by atoms with E-state index in [0.29, 0.717) is 17.4 Å². The predicted molar refractivity (Wildman–Crippen MR) is 74.1 cm³/mol. The summed E-state index contributed by atoms with van der Waals surface area (Å²) in [6.45, 7) is 3.66. The lowest BCUT2D eigenvalue weighted by molar-refractivity contribution is 0.401. The second-order valence-electron chi connectivity index (χ2n) is 3.59. The van der Waals surface area contributed by atoms with Gasteiger partial charge in [-0.1, -0.05) is 12.7 Å². The molecule has 0 radical (unpaired) electrons. The van der Waals surface area contributed by atoms with Crippen LogP contribution in [0.15, 0.2) is 30.2 Å². The van der Waals surface area contributed by atoms with Gasteiger partial charge in [-0.15, -0.1) is 11.3 Å². The third-order valence-electron chi connectivity index (χ3n) is 2.35. The molecule has 2 heterocycles. The second kappa shape index (κ2) is 5.16. The van der Waals surface area contributed by atoms with Crippen molar-refractivity contribution >= 4 is 27.3 Å². The summed E-state index contributed by atoms with van der Waals surface area (Å²) >= 11 is 1.55. The van der Waals surface area contributed by atoms with E-state index < -0.39 is 0 Å². The topological polar surface area (TPSA) is 64.3 Å². The number of methoxy groups -OCH3 is 1. The molecule has 18 heavy (non-hydrogen) atoms. The van der Waals surface area contributed by atoms with Crippen LogP contribution in [0.3, 0.4) is 0 Å². The number of rotatable bonds is 4. The molecule has 0 fully saturated rings. The highest BCUT2D eigenvalue weighted by atomic mass is 32.1. The van der Waals surface area contributed by atoms with Crippen molar-refractivity contribution in [3.8, 4) is 5.88 Å². The maximum Gasteiger partial charge on any atom is 0.235 e. The fraction of sp³-hybridized carbons (Fsp3) is 0.167. The molecule has 2 N–H and O–H groups in total. The van der Waals surface area contributed by atoms with Crippen LogP contribution in [-0.4, -0.2) is 29.1 Å². The molecule has 6 heteroatoms. The molecule has 0 unspecified atom stereocenters. The molecule has 0 aromatic carbocycles. The standard InChI is InChI=1S/C12H14N4OS/c1-4-5-9(16(2)13)11-14-8-6-7-18-10(8)12(15-11)17-3/h4-7H,1,13H2,2-3H3/b9-5-. The van der Waals surface area contributed by atoms with Crippen LogP contribution in [0, 0.1) is 0 Å². The maximum absolute atomic E-state index is 5.76. The summed E-state index contributed by atoms with van der Waals surface area (Å²) in [6.07, 6.45) is 3.40. The number of fused-ring (bicyclic) bond motifs is 1. The Morgan fingerprint density at radius 2 is 2.33 bits per heavy atom. The fourth-order valence-corrected chi connectivity index (χ4v) is 2.35. The van der Waals surface area contributed by atoms with Gasteiger partial charge >= 0.3 is 0 Å². The number of nitrogens with two attached hydrogens (primary N) is 1. The summed E-state index contributed by atoms with van der Waals surface area (Å²) in [5.74, 6) is 6.84. The number of hydrazine groups is 1. The van der Waals surface area contributed by atoms with Crippen LogP contribution in [0.25, 0.3) is 15.9 Å². The molecule has 94 valence electrons. The van der Waals surface area contributed by atoms with Crippen LogP contribution in [-0.2, 0) is 0 Å². The first kappa shape index (κ1) is 12.5. The number of hydrogen-bond acceptors (Lipinski definition) is 6. The number of ether oxygens (including phenoxy) is 1. The molecular weight excluding hydrogens is 248 g/mol. The van der Waals surface area contributed by atoms with Crippen LogP contribution in [0.5, 0.6) is 5.88 Å². The Morgan fingerprint density at radius 1 is 1.56 bits per heavy atom. The van der Waals surface area contributed by atoms with Crippen molar-refractivity contribution in [3.63, 3.8) is 0 Å². The van der Waals surface area contributed by atoms with E-state index in [4.69, 9.17) is 10.6 Å². The van der Waals surface area contributed by atoms with Crippen molar-refractivity contribution < 1.29 is 4.74 Å². The fourth-order valence-electron chi connectivity index (χ4n) is 1.55. The van der Waals surface area contributed by atoms with Crippen LogP contribution in [0.1, 0.15) is 5.82 Å². The van der Waals surface area contributed by atoms with E-state index in [1.807, 2.05) is 11.4 Å². The number of thiophene rings is 1. The summed E-state index contributed by atoms with van der Waals surface area (Å²) in [6, 6.07) is 1.93. The molecule has 2 rings (SSSR count). The molecule has 2 aromatic rings. The molecule has 0 saturated carbocycles. The zero-order valence-corrected chi connectivity index (χ0v) is 11.1. The second-order valence-corrected chi connectivity index (χ2v) is 4.51. The molecular formula is C12H14N4OS. The van der Waals surface area contributed by atoms with Crippen LogP contribution in [0.2, 0.25) is 0 Å². The van der Waals surface area contributed by atoms with Gasteiger partial charge in [-0.2, -0.15) is 4.98 Å². The Hall–Kier alpha value is -1.92. The number of nitrogens with zero attached hydrogens (tertiary/aromatic N) is 3. The minimum atomic E-state index is 0.516. The van der Waals surface area contributed by atoms with Crippen molar-refractivity contribution in [1.29, 1.82) is 0 Å². The van der Waals surface area contributed by atoms with Gasteiger partial charge in [0.2, 0.25) is 5.88 Å². The van der Waals surface area contributed by atoms with Gasteiger partial charge in [0.15, 0.2) is 5.82 Å². The maximum atomic E-state index is 5.76. The van der Waals surface area contributed by atoms with Gasteiger partial charge in [0, 0.05) is 7.05 Å². The highest BCUT2D eigenvalue weighted by Gasteiger charge is 2.13. The Kier molecular flexibility index (Phi) is 3.59. The Bertz CT molecular complexity index is 603. The average Bonchev–Trinajstić information content (AvgIpc) is 2.82. The van der Waals surface area contributed by atoms with Crippen LogP contribution < -0.4 is 10.6 Å². The lowest BCUT2D eigenvalue weighted by Crippen LogP contribution is -2.25. The molecule has 0 aliphatic rings. The molecule has 5 nitrogen and oxygen atoms in total. The zero-order valence-electron chi connectivity index (χ0n) is 10.3. The van der Waals surface area contributed by atoms with Crippen LogP contribution in [0.4, 0.5) is 0 Å². The van der Waals surface area contributed by atoms with Crippen LogP contribution >= 0.6 is 11.3 Å². The smallest absolute Gasteiger partial charge is 0.235 e. The highest BCUT2D eigenvalue weighted by Crippen LogP contribution is 2.29. The van der Waals surface area contributed by atoms with Crippen molar-refractivity contribution in [2.45, 2.75) is 0 Å². The molecule has 0 saturated heterocycles. The first-order valence-corrected chi connectivity index (χ1v) is 6.16. The molecule has 0 atom stereocenters. The third-order valence-corrected chi connectivity index (χ3v) is 3.24. The van der Waals surface area contributed by atoms with Gasteiger partial charge in [0.05, 0.1) is 18.3 Å². The monoisotopic (exact) mass is 262 g/mol. The Balaban J connectivity index is 2.63. The highest BCUT2D eigenvalue weighted by molar-refractivity contribution is 7.17. The molecule has 0 aliphatic heterocycles. The largest absolute Gasteiger partial charge is 0.480 e. The van der Waals surface area contributed by atoms with E-state index in [1.165, 1.54) is 5.01 Å². The lowest BCUT2D eigenvalue weighted by atomic mass is 10.3. The summed E-state index contributed by atoms with van der Waals surface area (Å²) in [5.41, 5.74) is 1.52. The Morgan fingerprint density at radius 3 is 2.94 bits per heavy atom. The van der Waals surface area contributed by atoms with E-state index in [1.54, 1.807) is 37.6 Å². The van der Waals surface area contributed by atoms with Gasteiger partial charge in [0.1, 0.15) is 4.70 Å².